The minimum Gasteiger partial charge on any atom is -0.455 e. The van der Waals surface area contributed by atoms with E-state index in [1.165, 1.54) is 12.1 Å². The SMILES string of the molecule is Fc1cccc(C2(c3cccc(F)c3)c3ccccc3-c3c2cc(-c2ccc(-c4nc(-c5ccccc5)cc(-c5ccccc5)n4)cc2)c2c3oc3ccccc32)c1. The maximum atomic E-state index is 15.4. The molecule has 0 radical (unpaired) electrons. The summed E-state index contributed by atoms with van der Waals surface area (Å²) in [7, 11) is 0. The first-order valence-electron chi connectivity index (χ1n) is 19.3. The Labute approximate surface area is 333 Å². The number of fused-ring (bicyclic) bond motifs is 7. The van der Waals surface area contributed by atoms with Crippen molar-refractivity contribution in [2.75, 3.05) is 0 Å². The van der Waals surface area contributed by atoms with Crippen molar-refractivity contribution in [2.45, 2.75) is 5.41 Å². The number of nitrogens with zero attached hydrogens (tertiary/aromatic N) is 2. The molecule has 1 aliphatic rings. The van der Waals surface area contributed by atoms with E-state index in [1.54, 1.807) is 24.3 Å². The summed E-state index contributed by atoms with van der Waals surface area (Å²) in [5.41, 5.74) is 12.0. The highest BCUT2D eigenvalue weighted by Gasteiger charge is 2.48. The van der Waals surface area contributed by atoms with Gasteiger partial charge in [0, 0.05) is 33.0 Å². The van der Waals surface area contributed by atoms with Crippen LogP contribution >= 0.6 is 0 Å². The van der Waals surface area contributed by atoms with Gasteiger partial charge in [-0.15, -0.1) is 0 Å². The lowest BCUT2D eigenvalue weighted by molar-refractivity contribution is 0.613. The molecule has 10 aromatic rings. The van der Waals surface area contributed by atoms with Crippen LogP contribution in [0.15, 0.2) is 199 Å². The molecule has 2 aromatic heterocycles. The molecule has 3 nitrogen and oxygen atoms in total. The molecule has 0 N–H and O–H groups in total. The number of hydrogen-bond acceptors (Lipinski definition) is 3. The fourth-order valence-corrected chi connectivity index (χ4v) is 8.98. The first-order valence-corrected chi connectivity index (χ1v) is 19.3. The first-order chi connectivity index (χ1) is 28.6. The van der Waals surface area contributed by atoms with Gasteiger partial charge in [0.2, 0.25) is 0 Å². The second-order valence-corrected chi connectivity index (χ2v) is 14.7. The lowest BCUT2D eigenvalue weighted by atomic mass is 9.67. The van der Waals surface area contributed by atoms with Crippen LogP contribution in [0.4, 0.5) is 8.78 Å². The number of para-hydroxylation sites is 1. The largest absolute Gasteiger partial charge is 0.455 e. The van der Waals surface area contributed by atoms with Crippen molar-refractivity contribution in [3.63, 3.8) is 0 Å². The topological polar surface area (TPSA) is 38.9 Å². The molecule has 0 amide bonds. The smallest absolute Gasteiger partial charge is 0.160 e. The molecule has 0 unspecified atom stereocenters. The third-order valence-corrected chi connectivity index (χ3v) is 11.5. The number of aromatic nitrogens is 2. The van der Waals surface area contributed by atoms with Crippen LogP contribution in [-0.2, 0) is 5.41 Å². The molecule has 274 valence electrons. The van der Waals surface area contributed by atoms with Crippen LogP contribution in [0.5, 0.6) is 0 Å². The summed E-state index contributed by atoms with van der Waals surface area (Å²) >= 11 is 0. The van der Waals surface area contributed by atoms with Crippen LogP contribution < -0.4 is 0 Å². The number of benzene rings is 8. The van der Waals surface area contributed by atoms with Crippen LogP contribution in [0.2, 0.25) is 0 Å². The van der Waals surface area contributed by atoms with Gasteiger partial charge in [-0.05, 0) is 81.4 Å². The van der Waals surface area contributed by atoms with Crippen LogP contribution in [0.1, 0.15) is 22.3 Å². The molecule has 0 fully saturated rings. The van der Waals surface area contributed by atoms with Gasteiger partial charge in [-0.1, -0.05) is 152 Å². The third kappa shape index (κ3) is 5.24. The highest BCUT2D eigenvalue weighted by molar-refractivity contribution is 6.18. The number of hydrogen-bond donors (Lipinski definition) is 0. The number of furan rings is 1. The van der Waals surface area contributed by atoms with Gasteiger partial charge < -0.3 is 4.42 Å². The quantitative estimate of drug-likeness (QED) is 0.170. The summed E-state index contributed by atoms with van der Waals surface area (Å²) in [4.78, 5) is 10.1. The molecule has 0 spiro atoms. The van der Waals surface area contributed by atoms with Gasteiger partial charge in [0.1, 0.15) is 22.8 Å². The van der Waals surface area contributed by atoms with E-state index >= 15 is 8.78 Å². The monoisotopic (exact) mass is 750 g/mol. The number of rotatable bonds is 6. The van der Waals surface area contributed by atoms with E-state index in [9.17, 15) is 0 Å². The van der Waals surface area contributed by atoms with E-state index < -0.39 is 5.41 Å². The van der Waals surface area contributed by atoms with E-state index in [-0.39, 0.29) is 11.6 Å². The molecule has 1 aliphatic carbocycles. The van der Waals surface area contributed by atoms with Gasteiger partial charge >= 0.3 is 0 Å². The van der Waals surface area contributed by atoms with Gasteiger partial charge in [0.25, 0.3) is 0 Å². The molecule has 0 bridgehead atoms. The molecule has 0 saturated carbocycles. The Bertz CT molecular complexity index is 3090. The Morgan fingerprint density at radius 1 is 0.431 bits per heavy atom. The lowest BCUT2D eigenvalue weighted by Crippen LogP contribution is -2.29. The molecular formula is C53H32F2N2O. The molecule has 11 rings (SSSR count). The lowest BCUT2D eigenvalue weighted by Gasteiger charge is -2.34. The molecule has 0 atom stereocenters. The predicted octanol–water partition coefficient (Wildman–Crippen LogP) is 13.7. The summed E-state index contributed by atoms with van der Waals surface area (Å²) in [6, 6.07) is 62.5. The highest BCUT2D eigenvalue weighted by Crippen LogP contribution is 2.60. The molecule has 8 aromatic carbocycles. The van der Waals surface area contributed by atoms with Crippen molar-refractivity contribution in [2.24, 2.45) is 0 Å². The van der Waals surface area contributed by atoms with Crippen LogP contribution in [0, 0.1) is 11.6 Å². The van der Waals surface area contributed by atoms with Crippen LogP contribution in [0.25, 0.3) is 78.1 Å². The number of halogens is 2. The molecular weight excluding hydrogens is 719 g/mol. The zero-order valence-corrected chi connectivity index (χ0v) is 31.0. The van der Waals surface area contributed by atoms with Crippen molar-refractivity contribution in [1.82, 2.24) is 9.97 Å². The summed E-state index contributed by atoms with van der Waals surface area (Å²) < 4.78 is 37.6. The molecule has 58 heavy (non-hydrogen) atoms. The van der Waals surface area contributed by atoms with Gasteiger partial charge in [-0.25, -0.2) is 18.7 Å². The van der Waals surface area contributed by atoms with E-state index in [0.29, 0.717) is 17.0 Å². The van der Waals surface area contributed by atoms with Crippen LogP contribution in [-0.4, -0.2) is 9.97 Å². The molecule has 0 aliphatic heterocycles. The van der Waals surface area contributed by atoms with E-state index in [4.69, 9.17) is 14.4 Å². The second-order valence-electron chi connectivity index (χ2n) is 14.7. The Morgan fingerprint density at radius 2 is 1.00 bits per heavy atom. The highest BCUT2D eigenvalue weighted by atomic mass is 19.1. The van der Waals surface area contributed by atoms with Gasteiger partial charge in [0.15, 0.2) is 5.82 Å². The standard InChI is InChI=1S/C53H32F2N2O/c54-39-19-11-17-37(29-39)53(38-18-12-20-40(55)30-38)44-23-9-7-21-41(44)50-45(53)31-43(49-42-22-8-10-24-48(42)58-51(49)50)33-25-27-36(28-26-33)52-56-46(34-13-3-1-4-14-34)32-47(57-52)35-15-5-2-6-16-35/h1-32H. The Balaban J connectivity index is 1.17. The van der Waals surface area contributed by atoms with Gasteiger partial charge in [0.05, 0.1) is 16.8 Å². The zero-order valence-electron chi connectivity index (χ0n) is 31.0. The third-order valence-electron chi connectivity index (χ3n) is 11.5. The van der Waals surface area contributed by atoms with Crippen molar-refractivity contribution in [3.8, 4) is 56.2 Å². The average molecular weight is 751 g/mol. The summed E-state index contributed by atoms with van der Waals surface area (Å²) in [5.74, 6) is -0.117. The normalized spacial score (nSPS) is 12.8. The van der Waals surface area contributed by atoms with E-state index in [0.717, 1.165) is 83.4 Å². The predicted molar refractivity (Wildman–Crippen MR) is 228 cm³/mol. The average Bonchev–Trinajstić information content (AvgIpc) is 3.81. The van der Waals surface area contributed by atoms with Crippen molar-refractivity contribution >= 4 is 21.9 Å². The molecule has 2 heterocycles. The van der Waals surface area contributed by atoms with Crippen LogP contribution in [0.3, 0.4) is 0 Å². The Hall–Kier alpha value is -7.50. The van der Waals surface area contributed by atoms with E-state index in [1.807, 2.05) is 84.9 Å². The summed E-state index contributed by atoms with van der Waals surface area (Å²) in [5, 5.41) is 1.96. The second kappa shape index (κ2) is 13.3. The molecule has 5 heteroatoms. The minimum atomic E-state index is -1.06. The van der Waals surface area contributed by atoms with Gasteiger partial charge in [-0.2, -0.15) is 0 Å². The zero-order chi connectivity index (χ0) is 38.8. The van der Waals surface area contributed by atoms with Gasteiger partial charge in [-0.3, -0.25) is 0 Å². The van der Waals surface area contributed by atoms with Crippen molar-refractivity contribution in [3.05, 3.63) is 228 Å². The summed E-state index contributed by atoms with van der Waals surface area (Å²) in [6.07, 6.45) is 0. The van der Waals surface area contributed by atoms with E-state index in [2.05, 4.69) is 72.8 Å². The molecule has 0 saturated heterocycles. The van der Waals surface area contributed by atoms with Crippen molar-refractivity contribution in [1.29, 1.82) is 0 Å². The Morgan fingerprint density at radius 3 is 1.64 bits per heavy atom. The van der Waals surface area contributed by atoms with Crippen molar-refractivity contribution < 1.29 is 13.2 Å². The fraction of sp³-hybridized carbons (Fsp3) is 0.0189. The fourth-order valence-electron chi connectivity index (χ4n) is 8.98. The maximum Gasteiger partial charge on any atom is 0.160 e. The minimum absolute atomic E-state index is 0.367. The first kappa shape index (κ1) is 33.8. The maximum absolute atomic E-state index is 15.4. The Kier molecular flexibility index (Phi) is 7.76. The summed E-state index contributed by atoms with van der Waals surface area (Å²) in [6.45, 7) is 0.